The molecule has 1 aromatic carbocycles. The molecule has 0 unspecified atom stereocenters. The van der Waals surface area contributed by atoms with Gasteiger partial charge < -0.3 is 10.8 Å². The molecular weight excluding hydrogens is 236 g/mol. The van der Waals surface area contributed by atoms with Gasteiger partial charge in [0.25, 0.3) is 0 Å². The third kappa shape index (κ3) is 2.13. The summed E-state index contributed by atoms with van der Waals surface area (Å²) in [5.41, 5.74) is 5.98. The Bertz CT molecular complexity index is 432. The summed E-state index contributed by atoms with van der Waals surface area (Å²) in [7, 11) is 0. The molecule has 1 saturated carbocycles. The molecule has 0 saturated heterocycles. The Hall–Kier alpha value is -0.870. The van der Waals surface area contributed by atoms with E-state index in [1.54, 1.807) is 0 Å². The number of aromatic hydroxyl groups is 1. The molecule has 1 aromatic rings. The van der Waals surface area contributed by atoms with Crippen LogP contribution in [0, 0.1) is 11.6 Å². The standard InChI is InChI=1S/C11H12ClF2NO/c12-8-9(14)7(13)5-6(10(8)16)1-2-11(15)3-4-11/h5,16H,1-4,15H2. The van der Waals surface area contributed by atoms with E-state index in [9.17, 15) is 13.9 Å². The topological polar surface area (TPSA) is 46.2 Å². The quantitative estimate of drug-likeness (QED) is 0.807. The second-order valence-corrected chi connectivity index (χ2v) is 4.73. The van der Waals surface area contributed by atoms with Crippen LogP contribution in [0.3, 0.4) is 0 Å². The molecule has 0 atom stereocenters. The van der Waals surface area contributed by atoms with E-state index in [1.807, 2.05) is 0 Å². The molecule has 16 heavy (non-hydrogen) atoms. The Kier molecular flexibility index (Phi) is 2.80. The van der Waals surface area contributed by atoms with E-state index in [0.717, 1.165) is 18.9 Å². The van der Waals surface area contributed by atoms with Crippen LogP contribution in [0.15, 0.2) is 6.07 Å². The Morgan fingerprint density at radius 1 is 1.44 bits per heavy atom. The lowest BCUT2D eigenvalue weighted by molar-refractivity contribution is 0.445. The minimum atomic E-state index is -1.21. The molecule has 1 aliphatic rings. The van der Waals surface area contributed by atoms with E-state index >= 15 is 0 Å². The van der Waals surface area contributed by atoms with E-state index < -0.39 is 16.7 Å². The van der Waals surface area contributed by atoms with Crippen molar-refractivity contribution >= 4 is 11.6 Å². The second kappa shape index (κ2) is 3.86. The number of benzene rings is 1. The van der Waals surface area contributed by atoms with Crippen LogP contribution in [0.4, 0.5) is 8.78 Å². The third-order valence-corrected chi connectivity index (χ3v) is 3.34. The van der Waals surface area contributed by atoms with Crippen LogP contribution < -0.4 is 5.73 Å². The predicted octanol–water partition coefficient (Wildman–Crippen LogP) is 2.75. The van der Waals surface area contributed by atoms with Gasteiger partial charge in [-0.1, -0.05) is 11.6 Å². The number of phenolic OH excluding ortho intramolecular Hbond substituents is 1. The summed E-state index contributed by atoms with van der Waals surface area (Å²) in [6, 6.07) is 0.974. The Balaban J connectivity index is 2.20. The van der Waals surface area contributed by atoms with Gasteiger partial charge in [0.05, 0.1) is 0 Å². The minimum absolute atomic E-state index is 0.191. The van der Waals surface area contributed by atoms with Gasteiger partial charge >= 0.3 is 0 Å². The lowest BCUT2D eigenvalue weighted by Gasteiger charge is -2.11. The van der Waals surface area contributed by atoms with Gasteiger partial charge in [-0.3, -0.25) is 0 Å². The highest BCUT2D eigenvalue weighted by molar-refractivity contribution is 6.32. The van der Waals surface area contributed by atoms with Gasteiger partial charge in [0.2, 0.25) is 0 Å². The van der Waals surface area contributed by atoms with Crippen LogP contribution >= 0.6 is 11.6 Å². The SMILES string of the molecule is NC1(CCc2cc(F)c(F)c(Cl)c2O)CC1. The molecule has 0 heterocycles. The number of nitrogens with two attached hydrogens (primary N) is 1. The molecule has 0 aliphatic heterocycles. The number of halogens is 3. The summed E-state index contributed by atoms with van der Waals surface area (Å²) in [4.78, 5) is 0. The molecule has 1 fully saturated rings. The minimum Gasteiger partial charge on any atom is -0.506 e. The monoisotopic (exact) mass is 247 g/mol. The average molecular weight is 248 g/mol. The van der Waals surface area contributed by atoms with Crippen molar-refractivity contribution in [3.05, 3.63) is 28.3 Å². The van der Waals surface area contributed by atoms with Crippen molar-refractivity contribution < 1.29 is 13.9 Å². The number of aryl methyl sites for hydroxylation is 1. The predicted molar refractivity (Wildman–Crippen MR) is 57.5 cm³/mol. The highest BCUT2D eigenvalue weighted by Gasteiger charge is 2.37. The van der Waals surface area contributed by atoms with Crippen LogP contribution in [0.5, 0.6) is 5.75 Å². The lowest BCUT2D eigenvalue weighted by Crippen LogP contribution is -2.22. The summed E-state index contributed by atoms with van der Waals surface area (Å²) >= 11 is 5.46. The van der Waals surface area contributed by atoms with E-state index in [0.29, 0.717) is 18.4 Å². The zero-order chi connectivity index (χ0) is 11.9. The number of rotatable bonds is 3. The summed E-state index contributed by atoms with van der Waals surface area (Å²) in [6.45, 7) is 0. The van der Waals surface area contributed by atoms with Crippen molar-refractivity contribution in [3.8, 4) is 5.75 Å². The van der Waals surface area contributed by atoms with E-state index in [-0.39, 0.29) is 11.3 Å². The van der Waals surface area contributed by atoms with Crippen LogP contribution in [0.2, 0.25) is 5.02 Å². The first-order chi connectivity index (χ1) is 7.43. The number of hydrogen-bond acceptors (Lipinski definition) is 2. The highest BCUT2D eigenvalue weighted by atomic mass is 35.5. The van der Waals surface area contributed by atoms with Gasteiger partial charge in [0.15, 0.2) is 11.6 Å². The smallest absolute Gasteiger partial charge is 0.181 e. The van der Waals surface area contributed by atoms with Crippen molar-refractivity contribution in [2.24, 2.45) is 5.73 Å². The first-order valence-corrected chi connectivity index (χ1v) is 5.45. The van der Waals surface area contributed by atoms with Gasteiger partial charge in [-0.2, -0.15) is 0 Å². The fourth-order valence-electron chi connectivity index (χ4n) is 1.62. The fraction of sp³-hybridized carbons (Fsp3) is 0.455. The Labute approximate surface area is 97.0 Å². The molecule has 3 N–H and O–H groups in total. The largest absolute Gasteiger partial charge is 0.506 e. The van der Waals surface area contributed by atoms with Crippen molar-refractivity contribution in [2.75, 3.05) is 0 Å². The van der Waals surface area contributed by atoms with Gasteiger partial charge in [0.1, 0.15) is 10.8 Å². The van der Waals surface area contributed by atoms with E-state index in [4.69, 9.17) is 17.3 Å². The molecule has 5 heteroatoms. The molecule has 88 valence electrons. The first kappa shape index (κ1) is 11.6. The Morgan fingerprint density at radius 3 is 2.62 bits per heavy atom. The molecule has 0 amide bonds. The van der Waals surface area contributed by atoms with Crippen molar-refractivity contribution in [1.82, 2.24) is 0 Å². The van der Waals surface area contributed by atoms with Gasteiger partial charge in [-0.15, -0.1) is 0 Å². The van der Waals surface area contributed by atoms with Crippen LogP contribution in [-0.2, 0) is 6.42 Å². The first-order valence-electron chi connectivity index (χ1n) is 5.07. The Morgan fingerprint density at radius 2 is 2.06 bits per heavy atom. The van der Waals surface area contributed by atoms with Gasteiger partial charge in [-0.25, -0.2) is 8.78 Å². The maximum Gasteiger partial charge on any atom is 0.181 e. The number of phenols is 1. The van der Waals surface area contributed by atoms with Gasteiger partial charge in [-0.05, 0) is 37.3 Å². The maximum atomic E-state index is 13.1. The molecular formula is C11H12ClF2NO. The number of hydrogen-bond donors (Lipinski definition) is 2. The van der Waals surface area contributed by atoms with Crippen LogP contribution in [-0.4, -0.2) is 10.6 Å². The van der Waals surface area contributed by atoms with Crippen LogP contribution in [0.1, 0.15) is 24.8 Å². The fourth-order valence-corrected chi connectivity index (χ4v) is 1.83. The summed E-state index contributed by atoms with van der Waals surface area (Å²) in [5, 5.41) is 8.98. The molecule has 0 radical (unpaired) electrons. The van der Waals surface area contributed by atoms with E-state index in [1.165, 1.54) is 0 Å². The molecule has 2 rings (SSSR count). The summed E-state index contributed by atoms with van der Waals surface area (Å²) in [6.07, 6.45) is 2.91. The zero-order valence-electron chi connectivity index (χ0n) is 8.56. The molecule has 0 aromatic heterocycles. The molecule has 0 spiro atoms. The highest BCUT2D eigenvalue weighted by Crippen LogP contribution is 2.39. The van der Waals surface area contributed by atoms with Gasteiger partial charge in [0, 0.05) is 5.54 Å². The second-order valence-electron chi connectivity index (χ2n) is 4.36. The normalized spacial score (nSPS) is 17.5. The third-order valence-electron chi connectivity index (χ3n) is 3.00. The van der Waals surface area contributed by atoms with Crippen LogP contribution in [0.25, 0.3) is 0 Å². The maximum absolute atomic E-state index is 13.1. The van der Waals surface area contributed by atoms with Crippen molar-refractivity contribution in [3.63, 3.8) is 0 Å². The van der Waals surface area contributed by atoms with E-state index in [2.05, 4.69) is 0 Å². The summed E-state index contributed by atoms with van der Waals surface area (Å²) < 4.78 is 26.0. The zero-order valence-corrected chi connectivity index (χ0v) is 9.32. The molecule has 0 bridgehead atoms. The van der Waals surface area contributed by atoms with Crippen molar-refractivity contribution in [1.29, 1.82) is 0 Å². The lowest BCUT2D eigenvalue weighted by atomic mass is 10.0. The molecule has 2 nitrogen and oxygen atoms in total. The van der Waals surface area contributed by atoms with Crippen molar-refractivity contribution in [2.45, 2.75) is 31.2 Å². The average Bonchev–Trinajstić information content (AvgIpc) is 2.98. The molecule has 1 aliphatic carbocycles. The summed E-state index contributed by atoms with van der Waals surface area (Å²) in [5.74, 6) is -2.64.